The molecule has 1 aliphatic heterocycles. The van der Waals surface area contributed by atoms with Crippen LogP contribution in [0, 0.1) is 0 Å². The van der Waals surface area contributed by atoms with Crippen molar-refractivity contribution in [2.24, 2.45) is 5.73 Å². The number of thiocarbonyl (C=S) groups is 1. The molecule has 0 bridgehead atoms. The minimum atomic E-state index is 0.191. The summed E-state index contributed by atoms with van der Waals surface area (Å²) in [5.74, 6) is 1.05. The lowest BCUT2D eigenvalue weighted by molar-refractivity contribution is 0.239. The van der Waals surface area contributed by atoms with Gasteiger partial charge in [0.25, 0.3) is 0 Å². The van der Waals surface area contributed by atoms with E-state index < -0.39 is 0 Å². The SMILES string of the molecule is CC(C(N)=S)N1CCN(c2ccccn2)CC1. The lowest BCUT2D eigenvalue weighted by atomic mass is 10.2. The first kappa shape index (κ1) is 12.3. The van der Waals surface area contributed by atoms with Crippen molar-refractivity contribution in [3.05, 3.63) is 24.4 Å². The highest BCUT2D eigenvalue weighted by atomic mass is 32.1. The van der Waals surface area contributed by atoms with Crippen molar-refractivity contribution in [3.8, 4) is 0 Å². The van der Waals surface area contributed by atoms with Crippen LogP contribution in [-0.4, -0.2) is 47.1 Å². The second kappa shape index (κ2) is 5.42. The minimum absolute atomic E-state index is 0.191. The minimum Gasteiger partial charge on any atom is -0.392 e. The second-order valence-electron chi connectivity index (χ2n) is 4.29. The Bertz CT molecular complexity index is 373. The quantitative estimate of drug-likeness (QED) is 0.807. The number of piperazine rings is 1. The number of anilines is 1. The molecule has 0 radical (unpaired) electrons. The zero-order valence-corrected chi connectivity index (χ0v) is 10.9. The van der Waals surface area contributed by atoms with Gasteiger partial charge in [0, 0.05) is 32.4 Å². The highest BCUT2D eigenvalue weighted by Crippen LogP contribution is 2.13. The number of rotatable bonds is 3. The first-order valence-corrected chi connectivity index (χ1v) is 6.28. The molecular formula is C12H18N4S. The molecule has 17 heavy (non-hydrogen) atoms. The van der Waals surface area contributed by atoms with Crippen molar-refractivity contribution in [2.75, 3.05) is 31.1 Å². The van der Waals surface area contributed by atoms with Crippen molar-refractivity contribution in [1.82, 2.24) is 9.88 Å². The van der Waals surface area contributed by atoms with Gasteiger partial charge in [-0.3, -0.25) is 4.90 Å². The molecule has 5 heteroatoms. The summed E-state index contributed by atoms with van der Waals surface area (Å²) in [6.45, 7) is 5.98. The Morgan fingerprint density at radius 1 is 1.35 bits per heavy atom. The van der Waals surface area contributed by atoms with Crippen LogP contribution in [0.2, 0.25) is 0 Å². The highest BCUT2D eigenvalue weighted by molar-refractivity contribution is 7.80. The van der Waals surface area contributed by atoms with E-state index in [2.05, 4.69) is 21.7 Å². The van der Waals surface area contributed by atoms with Crippen LogP contribution in [0.15, 0.2) is 24.4 Å². The Labute approximate surface area is 107 Å². The van der Waals surface area contributed by atoms with E-state index in [4.69, 9.17) is 18.0 Å². The van der Waals surface area contributed by atoms with Gasteiger partial charge in [-0.25, -0.2) is 4.98 Å². The average Bonchev–Trinajstić information content (AvgIpc) is 2.39. The Kier molecular flexibility index (Phi) is 3.91. The first-order chi connectivity index (χ1) is 8.18. The third-order valence-electron chi connectivity index (χ3n) is 3.25. The van der Waals surface area contributed by atoms with E-state index in [-0.39, 0.29) is 6.04 Å². The summed E-state index contributed by atoms with van der Waals surface area (Å²) in [6, 6.07) is 6.20. The Hall–Kier alpha value is -1.20. The summed E-state index contributed by atoms with van der Waals surface area (Å²) in [5, 5.41) is 0. The first-order valence-electron chi connectivity index (χ1n) is 5.88. The predicted octanol–water partition coefficient (Wildman–Crippen LogP) is 0.878. The van der Waals surface area contributed by atoms with Crippen LogP contribution in [0.25, 0.3) is 0 Å². The third-order valence-corrected chi connectivity index (χ3v) is 3.59. The summed E-state index contributed by atoms with van der Waals surface area (Å²) in [6.07, 6.45) is 1.83. The molecule has 2 heterocycles. The van der Waals surface area contributed by atoms with Gasteiger partial charge in [0.15, 0.2) is 0 Å². The Morgan fingerprint density at radius 3 is 2.59 bits per heavy atom. The largest absolute Gasteiger partial charge is 0.392 e. The fourth-order valence-corrected chi connectivity index (χ4v) is 2.21. The molecule has 1 atom stereocenters. The van der Waals surface area contributed by atoms with Gasteiger partial charge < -0.3 is 10.6 Å². The molecule has 1 aliphatic rings. The molecule has 0 aromatic carbocycles. The Balaban J connectivity index is 1.93. The van der Waals surface area contributed by atoms with E-state index in [9.17, 15) is 0 Å². The molecule has 2 rings (SSSR count). The van der Waals surface area contributed by atoms with Crippen molar-refractivity contribution < 1.29 is 0 Å². The van der Waals surface area contributed by atoms with Gasteiger partial charge in [-0.2, -0.15) is 0 Å². The molecule has 0 spiro atoms. The maximum Gasteiger partial charge on any atom is 0.128 e. The van der Waals surface area contributed by atoms with Crippen LogP contribution < -0.4 is 10.6 Å². The van der Waals surface area contributed by atoms with Gasteiger partial charge >= 0.3 is 0 Å². The van der Waals surface area contributed by atoms with Crippen molar-refractivity contribution in [1.29, 1.82) is 0 Å². The van der Waals surface area contributed by atoms with Crippen LogP contribution in [-0.2, 0) is 0 Å². The van der Waals surface area contributed by atoms with Gasteiger partial charge in [0.1, 0.15) is 5.82 Å². The molecule has 1 aromatic heterocycles. The molecule has 2 N–H and O–H groups in total. The predicted molar refractivity (Wildman–Crippen MR) is 74.3 cm³/mol. The Morgan fingerprint density at radius 2 is 2.06 bits per heavy atom. The van der Waals surface area contributed by atoms with E-state index in [0.29, 0.717) is 4.99 Å². The average molecular weight is 250 g/mol. The molecule has 0 aliphatic carbocycles. The lowest BCUT2D eigenvalue weighted by Gasteiger charge is -2.38. The highest BCUT2D eigenvalue weighted by Gasteiger charge is 2.22. The summed E-state index contributed by atoms with van der Waals surface area (Å²) >= 11 is 5.03. The summed E-state index contributed by atoms with van der Waals surface area (Å²) in [5.41, 5.74) is 5.68. The number of hydrogen-bond donors (Lipinski definition) is 1. The van der Waals surface area contributed by atoms with Gasteiger partial charge in [-0.05, 0) is 19.1 Å². The fourth-order valence-electron chi connectivity index (χ4n) is 2.06. The molecule has 1 fully saturated rings. The van der Waals surface area contributed by atoms with Crippen LogP contribution in [0.1, 0.15) is 6.92 Å². The van der Waals surface area contributed by atoms with E-state index >= 15 is 0 Å². The van der Waals surface area contributed by atoms with E-state index in [1.807, 2.05) is 24.4 Å². The maximum atomic E-state index is 5.68. The fraction of sp³-hybridized carbons (Fsp3) is 0.500. The molecule has 1 unspecified atom stereocenters. The third kappa shape index (κ3) is 2.92. The van der Waals surface area contributed by atoms with Crippen molar-refractivity contribution in [2.45, 2.75) is 13.0 Å². The molecule has 1 saturated heterocycles. The van der Waals surface area contributed by atoms with Crippen LogP contribution >= 0.6 is 12.2 Å². The number of pyridine rings is 1. The summed E-state index contributed by atoms with van der Waals surface area (Å²) in [7, 11) is 0. The molecule has 0 amide bonds. The van der Waals surface area contributed by atoms with Crippen LogP contribution in [0.3, 0.4) is 0 Å². The molecule has 4 nitrogen and oxygen atoms in total. The number of nitrogens with zero attached hydrogens (tertiary/aromatic N) is 3. The standard InChI is InChI=1S/C12H18N4S/c1-10(12(13)17)15-6-8-16(9-7-15)11-4-2-3-5-14-11/h2-5,10H,6-9H2,1H3,(H2,13,17). The molecule has 0 saturated carbocycles. The zero-order chi connectivity index (χ0) is 12.3. The summed E-state index contributed by atoms with van der Waals surface area (Å²) in [4.78, 5) is 9.56. The lowest BCUT2D eigenvalue weighted by Crippen LogP contribution is -2.52. The number of hydrogen-bond acceptors (Lipinski definition) is 4. The monoisotopic (exact) mass is 250 g/mol. The molecular weight excluding hydrogens is 232 g/mol. The molecule has 92 valence electrons. The van der Waals surface area contributed by atoms with E-state index in [1.165, 1.54) is 0 Å². The van der Waals surface area contributed by atoms with E-state index in [0.717, 1.165) is 32.0 Å². The van der Waals surface area contributed by atoms with Gasteiger partial charge in [0.05, 0.1) is 11.0 Å². The number of aromatic nitrogens is 1. The smallest absolute Gasteiger partial charge is 0.128 e. The normalized spacial score (nSPS) is 19.0. The van der Waals surface area contributed by atoms with Gasteiger partial charge in [-0.1, -0.05) is 18.3 Å². The summed E-state index contributed by atoms with van der Waals surface area (Å²) < 4.78 is 0. The zero-order valence-electron chi connectivity index (χ0n) is 10.0. The van der Waals surface area contributed by atoms with Gasteiger partial charge in [-0.15, -0.1) is 0 Å². The van der Waals surface area contributed by atoms with Crippen molar-refractivity contribution in [3.63, 3.8) is 0 Å². The van der Waals surface area contributed by atoms with Crippen LogP contribution in [0.4, 0.5) is 5.82 Å². The maximum absolute atomic E-state index is 5.68. The molecule has 1 aromatic rings. The van der Waals surface area contributed by atoms with Crippen molar-refractivity contribution >= 4 is 23.0 Å². The van der Waals surface area contributed by atoms with Gasteiger partial charge in [0.2, 0.25) is 0 Å². The number of nitrogens with two attached hydrogens (primary N) is 1. The second-order valence-corrected chi connectivity index (χ2v) is 4.76. The van der Waals surface area contributed by atoms with Crippen LogP contribution in [0.5, 0.6) is 0 Å². The van der Waals surface area contributed by atoms with E-state index in [1.54, 1.807) is 0 Å². The topological polar surface area (TPSA) is 45.4 Å².